The van der Waals surface area contributed by atoms with E-state index in [1.807, 2.05) is 18.7 Å². The van der Waals surface area contributed by atoms with E-state index in [4.69, 9.17) is 9.84 Å². The number of urea groups is 1. The van der Waals surface area contributed by atoms with Gasteiger partial charge in [0.15, 0.2) is 5.13 Å². The summed E-state index contributed by atoms with van der Waals surface area (Å²) in [5.74, 6) is 0.396. The number of nitrogens with one attached hydrogen (secondary N) is 1. The molecular formula is C19H31N3O4S2. The third kappa shape index (κ3) is 7.97. The van der Waals surface area contributed by atoms with Crippen molar-refractivity contribution < 1.29 is 19.4 Å². The second-order valence-electron chi connectivity index (χ2n) is 7.43. The summed E-state index contributed by atoms with van der Waals surface area (Å²) >= 11 is 2.82. The van der Waals surface area contributed by atoms with Gasteiger partial charge in [-0.15, -0.1) is 11.8 Å². The third-order valence-corrected chi connectivity index (χ3v) is 6.84. The molecule has 0 spiro atoms. The fourth-order valence-electron chi connectivity index (χ4n) is 3.18. The minimum absolute atomic E-state index is 0.105. The van der Waals surface area contributed by atoms with E-state index < -0.39 is 5.97 Å². The van der Waals surface area contributed by atoms with Crippen molar-refractivity contribution in [2.75, 3.05) is 24.2 Å². The van der Waals surface area contributed by atoms with Crippen LogP contribution in [0, 0.1) is 5.92 Å². The molecule has 0 aliphatic heterocycles. The fraction of sp³-hybridized carbons (Fsp3) is 0.737. The van der Waals surface area contributed by atoms with Crippen LogP contribution in [0.4, 0.5) is 9.93 Å². The van der Waals surface area contributed by atoms with Crippen LogP contribution in [-0.4, -0.2) is 58.0 Å². The summed E-state index contributed by atoms with van der Waals surface area (Å²) in [7, 11) is 0. The van der Waals surface area contributed by atoms with E-state index in [0.29, 0.717) is 24.0 Å². The van der Waals surface area contributed by atoms with Gasteiger partial charge in [-0.05, 0) is 45.4 Å². The van der Waals surface area contributed by atoms with E-state index in [9.17, 15) is 9.59 Å². The molecule has 2 amide bonds. The average molecular weight is 430 g/mol. The Morgan fingerprint density at radius 1 is 1.39 bits per heavy atom. The molecular weight excluding hydrogens is 398 g/mol. The lowest BCUT2D eigenvalue weighted by Gasteiger charge is -2.36. The molecule has 0 saturated heterocycles. The van der Waals surface area contributed by atoms with Gasteiger partial charge in [-0.2, -0.15) is 0 Å². The number of hydrogen-bond acceptors (Lipinski definition) is 6. The van der Waals surface area contributed by atoms with Crippen molar-refractivity contribution in [1.29, 1.82) is 0 Å². The van der Waals surface area contributed by atoms with Crippen LogP contribution in [0.2, 0.25) is 0 Å². The number of ether oxygens (including phenoxy) is 1. The highest BCUT2D eigenvalue weighted by Crippen LogP contribution is 2.30. The fourth-order valence-corrected chi connectivity index (χ4v) is 5.04. The maximum Gasteiger partial charge on any atom is 0.323 e. The molecule has 0 aromatic carbocycles. The van der Waals surface area contributed by atoms with Crippen LogP contribution >= 0.6 is 23.1 Å². The first-order chi connectivity index (χ1) is 13.3. The number of aliphatic carboxylic acids is 1. The van der Waals surface area contributed by atoms with Crippen molar-refractivity contribution in [3.8, 4) is 0 Å². The highest BCUT2D eigenvalue weighted by Gasteiger charge is 2.28. The summed E-state index contributed by atoms with van der Waals surface area (Å²) in [6, 6.07) is 0.0969. The lowest BCUT2D eigenvalue weighted by molar-refractivity contribution is -0.136. The number of rotatable bonds is 10. The smallest absolute Gasteiger partial charge is 0.323 e. The highest BCUT2D eigenvalue weighted by atomic mass is 32.2. The Balaban J connectivity index is 1.93. The molecule has 1 aliphatic rings. The number of carbonyl (C=O) groups is 2. The average Bonchev–Trinajstić information content (AvgIpc) is 3.06. The van der Waals surface area contributed by atoms with Crippen LogP contribution in [0.1, 0.15) is 52.9 Å². The Bertz CT molecular complexity index is 630. The third-order valence-electron chi connectivity index (χ3n) is 4.73. The summed E-state index contributed by atoms with van der Waals surface area (Å²) < 4.78 is 6.57. The summed E-state index contributed by atoms with van der Waals surface area (Å²) in [5.41, 5.74) is 0. The number of carboxylic acid groups (broad SMARTS) is 1. The largest absolute Gasteiger partial charge is 0.481 e. The van der Waals surface area contributed by atoms with Gasteiger partial charge in [-0.25, -0.2) is 9.78 Å². The Morgan fingerprint density at radius 3 is 2.75 bits per heavy atom. The van der Waals surface area contributed by atoms with Crippen LogP contribution in [0.15, 0.2) is 10.4 Å². The normalized spacial score (nSPS) is 19.6. The zero-order valence-corrected chi connectivity index (χ0v) is 18.5. The van der Waals surface area contributed by atoms with Crippen LogP contribution in [0.5, 0.6) is 0 Å². The minimum atomic E-state index is -0.813. The zero-order valence-electron chi connectivity index (χ0n) is 16.8. The Hall–Kier alpha value is -1.32. The number of amides is 2. The molecule has 0 atom stereocenters. The van der Waals surface area contributed by atoms with Gasteiger partial charge in [0.1, 0.15) is 0 Å². The number of anilines is 1. The molecule has 1 aliphatic carbocycles. The monoisotopic (exact) mass is 429 g/mol. The number of hydrogen-bond donors (Lipinski definition) is 2. The standard InChI is InChI=1S/C19H31N3O4S2/c1-13(2)26-10-9-22(15-6-4-14(3)5-7-15)19(25)21-18-20-12-17(28-18)27-11-8-16(23)24/h12-15H,4-11H2,1-3H3,(H,23,24)(H,20,21,25). The lowest BCUT2D eigenvalue weighted by Crippen LogP contribution is -2.46. The molecule has 28 heavy (non-hydrogen) atoms. The van der Waals surface area contributed by atoms with Crippen molar-refractivity contribution in [3.63, 3.8) is 0 Å². The first-order valence-corrected chi connectivity index (χ1v) is 11.6. The van der Waals surface area contributed by atoms with Gasteiger partial charge in [0.2, 0.25) is 0 Å². The Kier molecular flexibility index (Phi) is 9.53. The number of aromatic nitrogens is 1. The van der Waals surface area contributed by atoms with E-state index in [1.54, 1.807) is 6.20 Å². The second-order valence-corrected chi connectivity index (χ2v) is 9.86. The van der Waals surface area contributed by atoms with Gasteiger partial charge in [-0.1, -0.05) is 18.3 Å². The van der Waals surface area contributed by atoms with Crippen LogP contribution < -0.4 is 5.32 Å². The molecule has 0 unspecified atom stereocenters. The van der Waals surface area contributed by atoms with E-state index in [-0.39, 0.29) is 24.6 Å². The molecule has 2 rings (SSSR count). The number of carbonyl (C=O) groups excluding carboxylic acids is 1. The predicted molar refractivity (Wildman–Crippen MR) is 113 cm³/mol. The zero-order chi connectivity index (χ0) is 20.5. The second kappa shape index (κ2) is 11.6. The molecule has 9 heteroatoms. The summed E-state index contributed by atoms with van der Waals surface area (Å²) in [5, 5.41) is 12.2. The van der Waals surface area contributed by atoms with Gasteiger partial charge in [0.05, 0.1) is 29.5 Å². The first-order valence-electron chi connectivity index (χ1n) is 9.84. The molecule has 1 saturated carbocycles. The number of thiazole rings is 1. The van der Waals surface area contributed by atoms with Gasteiger partial charge < -0.3 is 14.7 Å². The van der Waals surface area contributed by atoms with Gasteiger partial charge >= 0.3 is 12.0 Å². The number of thioether (sulfide) groups is 1. The molecule has 1 aromatic rings. The van der Waals surface area contributed by atoms with Crippen molar-refractivity contribution in [2.24, 2.45) is 5.92 Å². The van der Waals surface area contributed by atoms with Crippen LogP contribution in [0.25, 0.3) is 0 Å². The summed E-state index contributed by atoms with van der Waals surface area (Å²) in [4.78, 5) is 29.7. The van der Waals surface area contributed by atoms with E-state index >= 15 is 0 Å². The van der Waals surface area contributed by atoms with Crippen molar-refractivity contribution in [1.82, 2.24) is 9.88 Å². The highest BCUT2D eigenvalue weighted by molar-refractivity contribution is 8.01. The van der Waals surface area contributed by atoms with Crippen molar-refractivity contribution in [2.45, 2.75) is 69.2 Å². The molecule has 2 N–H and O–H groups in total. The maximum atomic E-state index is 12.9. The molecule has 0 radical (unpaired) electrons. The molecule has 0 bridgehead atoms. The number of nitrogens with zero attached hydrogens (tertiary/aromatic N) is 2. The van der Waals surface area contributed by atoms with Crippen LogP contribution in [0.3, 0.4) is 0 Å². The molecule has 7 nitrogen and oxygen atoms in total. The van der Waals surface area contributed by atoms with Gasteiger partial charge in [0, 0.05) is 18.3 Å². The lowest BCUT2D eigenvalue weighted by atomic mass is 9.86. The number of carboxylic acids is 1. The molecule has 1 fully saturated rings. The maximum absolute atomic E-state index is 12.9. The summed E-state index contributed by atoms with van der Waals surface area (Å²) in [6.07, 6.45) is 6.24. The van der Waals surface area contributed by atoms with E-state index in [0.717, 1.165) is 35.8 Å². The Labute approximate surface area is 175 Å². The van der Waals surface area contributed by atoms with Crippen LogP contribution in [-0.2, 0) is 9.53 Å². The molecule has 1 heterocycles. The summed E-state index contributed by atoms with van der Waals surface area (Å²) in [6.45, 7) is 7.33. The molecule has 158 valence electrons. The quantitative estimate of drug-likeness (QED) is 0.530. The van der Waals surface area contributed by atoms with Crippen molar-refractivity contribution >= 4 is 40.2 Å². The SMILES string of the molecule is CC1CCC(N(CCOC(C)C)C(=O)Nc2ncc(SCCC(=O)O)s2)CC1. The van der Waals surface area contributed by atoms with Crippen molar-refractivity contribution in [3.05, 3.63) is 6.20 Å². The first kappa shape index (κ1) is 23.0. The van der Waals surface area contributed by atoms with Gasteiger partial charge in [0.25, 0.3) is 0 Å². The topological polar surface area (TPSA) is 91.8 Å². The minimum Gasteiger partial charge on any atom is -0.481 e. The van der Waals surface area contributed by atoms with Gasteiger partial charge in [-0.3, -0.25) is 10.1 Å². The predicted octanol–water partition coefficient (Wildman–Crippen LogP) is 4.55. The Morgan fingerprint density at radius 2 is 2.11 bits per heavy atom. The molecule has 1 aromatic heterocycles. The van der Waals surface area contributed by atoms with E-state index in [2.05, 4.69) is 17.2 Å². The van der Waals surface area contributed by atoms with E-state index in [1.165, 1.54) is 23.1 Å².